The fraction of sp³-hybridized carbons (Fsp3) is 1.00. The lowest BCUT2D eigenvalue weighted by Gasteiger charge is -2.63. The second kappa shape index (κ2) is 6.78. The lowest BCUT2D eigenvalue weighted by molar-refractivity contribution is -0.773. The average Bonchev–Trinajstić information content (AvgIpc) is 3.45. The Morgan fingerprint density at radius 3 is 2.26 bits per heavy atom. The largest absolute Gasteiger partial charge is 0.348 e. The molecule has 2 saturated heterocycles. The van der Waals surface area contributed by atoms with Crippen molar-refractivity contribution in [2.45, 2.75) is 82.9 Å². The van der Waals surface area contributed by atoms with E-state index >= 15 is 0 Å². The van der Waals surface area contributed by atoms with Gasteiger partial charge >= 0.3 is 0 Å². The van der Waals surface area contributed by atoms with Gasteiger partial charge in [-0.2, -0.15) is 0 Å². The van der Waals surface area contributed by atoms with Gasteiger partial charge in [0.05, 0.1) is 26.4 Å². The molecule has 174 valence electrons. The van der Waals surface area contributed by atoms with Crippen molar-refractivity contribution in [3.63, 3.8) is 0 Å². The van der Waals surface area contributed by atoms with E-state index in [1.165, 1.54) is 0 Å². The van der Waals surface area contributed by atoms with Gasteiger partial charge in [0.15, 0.2) is 11.6 Å². The molecule has 7 atom stereocenters. The minimum atomic E-state index is -0.579. The molecule has 2 aliphatic heterocycles. The van der Waals surface area contributed by atoms with E-state index in [2.05, 4.69) is 13.8 Å². The molecule has 31 heavy (non-hydrogen) atoms. The van der Waals surface area contributed by atoms with Gasteiger partial charge in [-0.25, -0.2) is 0 Å². The van der Waals surface area contributed by atoms with Crippen LogP contribution in [-0.2, 0) is 23.8 Å². The Kier molecular flexibility index (Phi) is 4.51. The molecule has 2 heterocycles. The molecule has 4 aliphatic carbocycles. The van der Waals surface area contributed by atoms with E-state index in [1.807, 2.05) is 0 Å². The van der Waals surface area contributed by atoms with Crippen molar-refractivity contribution < 1.29 is 28.9 Å². The first-order valence-corrected chi connectivity index (χ1v) is 12.2. The standard InChI is InChI=1S/C23H35NO7/c1-20-7-8-22(27-9-10-28-22)14-18(20)19(31-24(25)26)13-15-16(20)3-5-21(2)17(15)4-6-23(21)29-11-12-30-23/h15-19H,3-14H2,1-2H3/t15?,16?,17?,18?,19-,20+,21-/m0/s1. The minimum Gasteiger partial charge on any atom is -0.348 e. The molecule has 0 aromatic rings. The van der Waals surface area contributed by atoms with Crippen LogP contribution < -0.4 is 0 Å². The molecule has 8 heteroatoms. The second-order valence-electron chi connectivity index (χ2n) is 11.3. The summed E-state index contributed by atoms with van der Waals surface area (Å²) in [6.45, 7) is 7.27. The SMILES string of the molecule is C[C@]12CCC3(CC1[C@@H](O[N+](=O)[O-])CC1C2CC[C@@]2(C)C1CCC21OCCO1)OCCO3. The highest BCUT2D eigenvalue weighted by molar-refractivity contribution is 5.14. The van der Waals surface area contributed by atoms with Crippen LogP contribution >= 0.6 is 0 Å². The van der Waals surface area contributed by atoms with Crippen molar-refractivity contribution in [2.24, 2.45) is 34.5 Å². The fourth-order valence-corrected chi connectivity index (χ4v) is 9.07. The van der Waals surface area contributed by atoms with E-state index in [9.17, 15) is 10.1 Å². The second-order valence-corrected chi connectivity index (χ2v) is 11.3. The molecular weight excluding hydrogens is 402 g/mol. The summed E-state index contributed by atoms with van der Waals surface area (Å²) >= 11 is 0. The highest BCUT2D eigenvalue weighted by Gasteiger charge is 2.69. The van der Waals surface area contributed by atoms with E-state index in [-0.39, 0.29) is 16.7 Å². The molecular formula is C23H35NO7. The zero-order valence-electron chi connectivity index (χ0n) is 18.7. The van der Waals surface area contributed by atoms with Gasteiger partial charge in [-0.05, 0) is 61.2 Å². The summed E-state index contributed by atoms with van der Waals surface area (Å²) in [6, 6.07) is 0. The van der Waals surface area contributed by atoms with Crippen LogP contribution in [0, 0.1) is 44.6 Å². The van der Waals surface area contributed by atoms with Crippen molar-refractivity contribution >= 4 is 0 Å². The van der Waals surface area contributed by atoms with E-state index in [0.717, 1.165) is 44.9 Å². The molecule has 6 rings (SSSR count). The minimum absolute atomic E-state index is 0.00136. The van der Waals surface area contributed by atoms with E-state index in [4.69, 9.17) is 23.8 Å². The van der Waals surface area contributed by atoms with Gasteiger partial charge in [0.1, 0.15) is 6.10 Å². The predicted molar refractivity (Wildman–Crippen MR) is 108 cm³/mol. The summed E-state index contributed by atoms with van der Waals surface area (Å²) in [5.41, 5.74) is -0.0286. The van der Waals surface area contributed by atoms with E-state index in [0.29, 0.717) is 50.6 Å². The average molecular weight is 438 g/mol. The van der Waals surface area contributed by atoms with Crippen LogP contribution in [0.15, 0.2) is 0 Å². The Morgan fingerprint density at radius 2 is 1.55 bits per heavy atom. The van der Waals surface area contributed by atoms with Gasteiger partial charge < -0.3 is 23.8 Å². The third kappa shape index (κ3) is 2.74. The first kappa shape index (κ1) is 20.6. The molecule has 0 amide bonds. The van der Waals surface area contributed by atoms with Gasteiger partial charge in [0.2, 0.25) is 0 Å². The Balaban J connectivity index is 1.34. The number of ether oxygens (including phenoxy) is 4. The molecule has 4 saturated carbocycles. The first-order valence-electron chi connectivity index (χ1n) is 12.2. The summed E-state index contributed by atoms with van der Waals surface area (Å²) in [5, 5.41) is 10.9. The number of nitrogens with zero attached hydrogens (tertiary/aromatic N) is 1. The summed E-state index contributed by atoms with van der Waals surface area (Å²) in [4.78, 5) is 16.9. The van der Waals surface area contributed by atoms with E-state index in [1.54, 1.807) is 0 Å². The van der Waals surface area contributed by atoms with Crippen molar-refractivity contribution in [2.75, 3.05) is 26.4 Å². The summed E-state index contributed by atoms with van der Waals surface area (Å²) in [5.74, 6) is 0.442. The maximum absolute atomic E-state index is 11.5. The summed E-state index contributed by atoms with van der Waals surface area (Å²) < 4.78 is 24.6. The molecule has 6 fully saturated rings. The molecule has 0 N–H and O–H groups in total. The smallest absolute Gasteiger partial charge is 0.294 e. The Bertz CT molecular complexity index is 748. The third-order valence-electron chi connectivity index (χ3n) is 10.5. The number of hydrogen-bond donors (Lipinski definition) is 0. The zero-order valence-corrected chi connectivity index (χ0v) is 18.7. The molecule has 2 spiro atoms. The van der Waals surface area contributed by atoms with Crippen LogP contribution in [0.1, 0.15) is 65.2 Å². The highest BCUT2D eigenvalue weighted by Crippen LogP contribution is 2.70. The molecule has 0 aromatic heterocycles. The van der Waals surface area contributed by atoms with Gasteiger partial charge in [0.25, 0.3) is 5.09 Å². The van der Waals surface area contributed by atoms with Crippen molar-refractivity contribution in [1.82, 2.24) is 0 Å². The Hall–Kier alpha value is -0.960. The van der Waals surface area contributed by atoms with Crippen LogP contribution in [0.25, 0.3) is 0 Å². The van der Waals surface area contributed by atoms with Crippen LogP contribution in [0.5, 0.6) is 0 Å². The van der Waals surface area contributed by atoms with Gasteiger partial charge in [0, 0.05) is 24.7 Å². The quantitative estimate of drug-likeness (QED) is 0.481. The molecule has 0 aromatic carbocycles. The zero-order chi connectivity index (χ0) is 21.5. The molecule has 4 unspecified atom stereocenters. The maximum Gasteiger partial charge on any atom is 0.294 e. The van der Waals surface area contributed by atoms with Gasteiger partial charge in [-0.15, -0.1) is 10.1 Å². The lowest BCUT2D eigenvalue weighted by Crippen LogP contribution is -2.62. The first-order chi connectivity index (χ1) is 14.8. The van der Waals surface area contributed by atoms with Crippen LogP contribution in [0.3, 0.4) is 0 Å². The van der Waals surface area contributed by atoms with Crippen LogP contribution in [0.4, 0.5) is 0 Å². The number of rotatable bonds is 2. The van der Waals surface area contributed by atoms with E-state index < -0.39 is 22.8 Å². The van der Waals surface area contributed by atoms with Crippen LogP contribution in [-0.4, -0.2) is 49.2 Å². The Labute approximate surface area is 183 Å². The number of hydrogen-bond acceptors (Lipinski definition) is 7. The monoisotopic (exact) mass is 437 g/mol. The number of fused-ring (bicyclic) bond motifs is 6. The predicted octanol–water partition coefficient (Wildman–Crippen LogP) is 3.70. The highest BCUT2D eigenvalue weighted by atomic mass is 17.0. The van der Waals surface area contributed by atoms with Crippen molar-refractivity contribution in [3.05, 3.63) is 10.1 Å². The molecule has 0 radical (unpaired) electrons. The lowest BCUT2D eigenvalue weighted by atomic mass is 9.44. The van der Waals surface area contributed by atoms with Gasteiger partial charge in [-0.1, -0.05) is 13.8 Å². The van der Waals surface area contributed by atoms with Gasteiger partial charge in [-0.3, -0.25) is 0 Å². The van der Waals surface area contributed by atoms with Crippen LogP contribution in [0.2, 0.25) is 0 Å². The maximum atomic E-state index is 11.5. The summed E-state index contributed by atoms with van der Waals surface area (Å²) in [6.07, 6.45) is 7.09. The fourth-order valence-electron chi connectivity index (χ4n) is 9.07. The molecule has 6 aliphatic rings. The van der Waals surface area contributed by atoms with Crippen molar-refractivity contribution in [1.29, 1.82) is 0 Å². The van der Waals surface area contributed by atoms with Crippen molar-refractivity contribution in [3.8, 4) is 0 Å². The Morgan fingerprint density at radius 1 is 0.871 bits per heavy atom. The third-order valence-corrected chi connectivity index (χ3v) is 10.5. The molecule has 8 nitrogen and oxygen atoms in total. The summed E-state index contributed by atoms with van der Waals surface area (Å²) in [7, 11) is 0. The normalized spacial score (nSPS) is 49.5. The topological polar surface area (TPSA) is 89.3 Å². The molecule has 0 bridgehead atoms.